The number of aromatic nitrogens is 2. The van der Waals surface area contributed by atoms with E-state index < -0.39 is 0 Å². The van der Waals surface area contributed by atoms with Crippen LogP contribution in [0.4, 0.5) is 0 Å². The summed E-state index contributed by atoms with van der Waals surface area (Å²) in [6.45, 7) is 6.68. The van der Waals surface area contributed by atoms with Crippen molar-refractivity contribution >= 4 is 29.9 Å². The number of ether oxygens (including phenoxy) is 1. The molecule has 3 aromatic rings. The number of rotatable bonds is 9. The maximum absolute atomic E-state index is 5.69. The molecule has 2 aromatic heterocycles. The van der Waals surface area contributed by atoms with Crippen molar-refractivity contribution in [2.75, 3.05) is 13.2 Å². The third-order valence-electron chi connectivity index (χ3n) is 5.01. The number of pyridine rings is 1. The molecule has 7 nitrogen and oxygen atoms in total. The van der Waals surface area contributed by atoms with E-state index in [-0.39, 0.29) is 24.0 Å². The molecule has 32 heavy (non-hydrogen) atoms. The van der Waals surface area contributed by atoms with E-state index in [1.54, 1.807) is 6.26 Å². The van der Waals surface area contributed by atoms with Crippen LogP contribution in [-0.4, -0.2) is 29.1 Å². The van der Waals surface area contributed by atoms with Crippen LogP contribution in [0, 0.1) is 12.8 Å². The molecule has 1 aliphatic rings. The fraction of sp³-hybridized carbons (Fsp3) is 0.375. The molecule has 1 aromatic carbocycles. The molecular weight excluding hydrogens is 517 g/mol. The van der Waals surface area contributed by atoms with Gasteiger partial charge < -0.3 is 19.8 Å². The number of benzene rings is 1. The van der Waals surface area contributed by atoms with Crippen LogP contribution >= 0.6 is 24.0 Å². The summed E-state index contributed by atoms with van der Waals surface area (Å²) in [5, 5.41) is 6.56. The summed E-state index contributed by atoms with van der Waals surface area (Å²) in [6.07, 6.45) is 6.04. The van der Waals surface area contributed by atoms with Crippen LogP contribution in [0.1, 0.15) is 36.6 Å². The molecule has 0 unspecified atom stereocenters. The lowest BCUT2D eigenvalue weighted by molar-refractivity contribution is 0.288. The zero-order valence-electron chi connectivity index (χ0n) is 18.5. The number of aryl methyl sites for hydroxylation is 1. The van der Waals surface area contributed by atoms with Crippen LogP contribution in [0.15, 0.2) is 58.3 Å². The quantitative estimate of drug-likeness (QED) is 0.230. The highest BCUT2D eigenvalue weighted by Crippen LogP contribution is 2.29. The summed E-state index contributed by atoms with van der Waals surface area (Å²) < 4.78 is 11.3. The molecule has 1 saturated carbocycles. The first-order chi connectivity index (χ1) is 15.2. The van der Waals surface area contributed by atoms with Crippen LogP contribution in [0.5, 0.6) is 5.88 Å². The maximum atomic E-state index is 5.69. The van der Waals surface area contributed by atoms with Gasteiger partial charge in [0.05, 0.1) is 25.4 Å². The minimum absolute atomic E-state index is 0. The van der Waals surface area contributed by atoms with Crippen molar-refractivity contribution in [3.8, 4) is 17.3 Å². The summed E-state index contributed by atoms with van der Waals surface area (Å²) in [7, 11) is 0. The summed E-state index contributed by atoms with van der Waals surface area (Å²) in [5.41, 5.74) is 4.02. The van der Waals surface area contributed by atoms with Crippen LogP contribution in [0.25, 0.3) is 11.5 Å². The Morgan fingerprint density at radius 1 is 1.16 bits per heavy atom. The molecule has 0 bridgehead atoms. The Balaban J connectivity index is 0.00000289. The molecule has 0 saturated heterocycles. The van der Waals surface area contributed by atoms with Crippen molar-refractivity contribution in [1.29, 1.82) is 0 Å². The fourth-order valence-corrected chi connectivity index (χ4v) is 2.98. The molecular formula is C24H30IN5O2. The Morgan fingerprint density at radius 2 is 1.97 bits per heavy atom. The second-order valence-electron chi connectivity index (χ2n) is 7.82. The highest BCUT2D eigenvalue weighted by Gasteiger charge is 2.22. The SMILES string of the molecule is CCNC(=NCc1ccc(OCC2CC2)nc1)NCc1coc(-c2ccc(C)cc2)n1.I. The van der Waals surface area contributed by atoms with E-state index >= 15 is 0 Å². The monoisotopic (exact) mass is 547 g/mol. The summed E-state index contributed by atoms with van der Waals surface area (Å²) in [5.74, 6) is 2.74. The predicted octanol–water partition coefficient (Wildman–Crippen LogP) is 4.71. The molecule has 170 valence electrons. The Hall–Kier alpha value is -2.62. The lowest BCUT2D eigenvalue weighted by atomic mass is 10.1. The third kappa shape index (κ3) is 7.22. The number of guanidine groups is 1. The zero-order chi connectivity index (χ0) is 21.5. The molecule has 1 fully saturated rings. The first-order valence-corrected chi connectivity index (χ1v) is 10.8. The number of oxazole rings is 1. The predicted molar refractivity (Wildman–Crippen MR) is 136 cm³/mol. The van der Waals surface area contributed by atoms with Crippen molar-refractivity contribution in [1.82, 2.24) is 20.6 Å². The van der Waals surface area contributed by atoms with Crippen molar-refractivity contribution in [2.24, 2.45) is 10.9 Å². The van der Waals surface area contributed by atoms with Gasteiger partial charge in [-0.2, -0.15) is 0 Å². The Labute approximate surface area is 206 Å². The number of hydrogen-bond acceptors (Lipinski definition) is 5. The molecule has 1 aliphatic carbocycles. The highest BCUT2D eigenvalue weighted by molar-refractivity contribution is 14.0. The lowest BCUT2D eigenvalue weighted by Gasteiger charge is -2.10. The van der Waals surface area contributed by atoms with Crippen LogP contribution in [0.2, 0.25) is 0 Å². The van der Waals surface area contributed by atoms with Gasteiger partial charge in [0.15, 0.2) is 5.96 Å². The maximum Gasteiger partial charge on any atom is 0.226 e. The van der Waals surface area contributed by atoms with E-state index in [9.17, 15) is 0 Å². The van der Waals surface area contributed by atoms with Gasteiger partial charge in [0.2, 0.25) is 11.8 Å². The third-order valence-corrected chi connectivity index (χ3v) is 5.01. The molecule has 0 amide bonds. The number of nitrogens with one attached hydrogen (secondary N) is 2. The average molecular weight is 547 g/mol. The Bertz CT molecular complexity index is 998. The molecule has 0 radical (unpaired) electrons. The molecule has 4 rings (SSSR count). The van der Waals surface area contributed by atoms with Crippen molar-refractivity contribution < 1.29 is 9.15 Å². The zero-order valence-corrected chi connectivity index (χ0v) is 20.8. The van der Waals surface area contributed by atoms with Gasteiger partial charge in [0.1, 0.15) is 6.26 Å². The van der Waals surface area contributed by atoms with Gasteiger partial charge in [-0.15, -0.1) is 24.0 Å². The molecule has 2 heterocycles. The Morgan fingerprint density at radius 3 is 2.66 bits per heavy atom. The average Bonchev–Trinajstić information content (AvgIpc) is 3.51. The molecule has 0 atom stereocenters. The first-order valence-electron chi connectivity index (χ1n) is 10.8. The van der Waals surface area contributed by atoms with E-state index in [0.29, 0.717) is 24.9 Å². The minimum atomic E-state index is 0. The lowest BCUT2D eigenvalue weighted by Crippen LogP contribution is -2.36. The van der Waals surface area contributed by atoms with Gasteiger partial charge in [0.25, 0.3) is 0 Å². The smallest absolute Gasteiger partial charge is 0.226 e. The normalized spacial score (nSPS) is 13.4. The van der Waals surface area contributed by atoms with E-state index in [2.05, 4.69) is 32.5 Å². The van der Waals surface area contributed by atoms with Gasteiger partial charge in [-0.05, 0) is 50.3 Å². The summed E-state index contributed by atoms with van der Waals surface area (Å²) in [6, 6.07) is 12.0. The summed E-state index contributed by atoms with van der Waals surface area (Å²) >= 11 is 0. The molecule has 0 aliphatic heterocycles. The fourth-order valence-electron chi connectivity index (χ4n) is 2.98. The standard InChI is InChI=1S/C24H29N5O2.HI/c1-3-25-24(27-13-19-8-11-22(26-12-19)30-15-18-6-7-18)28-14-21-16-31-23(29-21)20-9-4-17(2)5-10-20;/h4-5,8-12,16,18H,3,6-7,13-15H2,1-2H3,(H2,25,27,28);1H. The van der Waals surface area contributed by atoms with E-state index in [1.165, 1.54) is 18.4 Å². The van der Waals surface area contributed by atoms with Gasteiger partial charge in [0, 0.05) is 24.4 Å². The topological polar surface area (TPSA) is 84.6 Å². The largest absolute Gasteiger partial charge is 0.477 e. The second-order valence-corrected chi connectivity index (χ2v) is 7.82. The second kappa shape index (κ2) is 11.8. The van der Waals surface area contributed by atoms with Crippen LogP contribution < -0.4 is 15.4 Å². The summed E-state index contributed by atoms with van der Waals surface area (Å²) in [4.78, 5) is 13.6. The molecule has 2 N–H and O–H groups in total. The van der Waals surface area contributed by atoms with E-state index in [0.717, 1.165) is 41.8 Å². The van der Waals surface area contributed by atoms with Gasteiger partial charge in [-0.1, -0.05) is 23.8 Å². The van der Waals surface area contributed by atoms with Gasteiger partial charge in [-0.25, -0.2) is 15.0 Å². The van der Waals surface area contributed by atoms with Crippen LogP contribution in [0.3, 0.4) is 0 Å². The highest BCUT2D eigenvalue weighted by atomic mass is 127. The van der Waals surface area contributed by atoms with Gasteiger partial charge in [-0.3, -0.25) is 0 Å². The first kappa shape index (κ1) is 24.0. The molecule has 0 spiro atoms. The Kier molecular flexibility index (Phi) is 8.90. The van der Waals surface area contributed by atoms with E-state index in [1.807, 2.05) is 49.5 Å². The van der Waals surface area contributed by atoms with Crippen molar-refractivity contribution in [2.45, 2.75) is 39.8 Å². The minimum Gasteiger partial charge on any atom is -0.477 e. The number of nitrogens with zero attached hydrogens (tertiary/aromatic N) is 3. The van der Waals surface area contributed by atoms with E-state index in [4.69, 9.17) is 9.15 Å². The van der Waals surface area contributed by atoms with Gasteiger partial charge >= 0.3 is 0 Å². The number of halogens is 1. The molecule has 8 heteroatoms. The number of aliphatic imine (C=N–C) groups is 1. The number of hydrogen-bond donors (Lipinski definition) is 2. The van der Waals surface area contributed by atoms with Crippen molar-refractivity contribution in [3.05, 3.63) is 65.7 Å². The van der Waals surface area contributed by atoms with Crippen LogP contribution in [-0.2, 0) is 13.1 Å². The van der Waals surface area contributed by atoms with Crippen molar-refractivity contribution in [3.63, 3.8) is 0 Å².